The zero-order valence-electron chi connectivity index (χ0n) is 9.16. The van der Waals surface area contributed by atoms with Gasteiger partial charge in [0.2, 0.25) is 0 Å². The van der Waals surface area contributed by atoms with Crippen LogP contribution < -0.4 is 34.5 Å². The number of amides is 1. The Bertz CT molecular complexity index is 299. The molecule has 0 aliphatic rings. The summed E-state index contributed by atoms with van der Waals surface area (Å²) >= 11 is 0. The van der Waals surface area contributed by atoms with E-state index in [9.17, 15) is 4.79 Å². The number of para-hydroxylation sites is 1. The van der Waals surface area contributed by atoms with Crippen molar-refractivity contribution in [3.05, 3.63) is 29.8 Å². The van der Waals surface area contributed by atoms with Crippen molar-refractivity contribution in [2.75, 3.05) is 11.9 Å². The summed E-state index contributed by atoms with van der Waals surface area (Å²) < 4.78 is 0. The molecule has 0 aliphatic carbocycles. The molecule has 1 aromatic carbocycles. The third-order valence-electron chi connectivity index (χ3n) is 1.96. The molecule has 0 spiro atoms. The van der Waals surface area contributed by atoms with Crippen molar-refractivity contribution in [3.8, 4) is 0 Å². The topological polar surface area (TPSA) is 20.3 Å². The van der Waals surface area contributed by atoms with Crippen molar-refractivity contribution < 1.29 is 34.4 Å². The summed E-state index contributed by atoms with van der Waals surface area (Å²) in [6, 6.07) is 8.77. The van der Waals surface area contributed by atoms with Crippen LogP contribution in [0.3, 0.4) is 0 Å². The largest absolute Gasteiger partial charge is 1.00 e. The van der Waals surface area contributed by atoms with Gasteiger partial charge in [-0.25, -0.2) is 11.3 Å². The number of nitrogens with zero attached hydrogens (tertiary/aromatic N) is 1. The van der Waals surface area contributed by atoms with E-state index in [0.29, 0.717) is 5.92 Å². The smallest absolute Gasteiger partial charge is 0.501 e. The molecule has 0 unspecified atom stereocenters. The predicted octanol–water partition coefficient (Wildman–Crippen LogP) is -0.882. The minimum Gasteiger partial charge on any atom is -0.501 e. The first kappa shape index (κ1) is 13.7. The molecule has 0 bridgehead atoms. The molecule has 1 rings (SSSR count). The summed E-state index contributed by atoms with van der Waals surface area (Å²) in [7, 11) is 1.69. The minimum absolute atomic E-state index is 0. The Morgan fingerprint density at radius 1 is 1.50 bits per heavy atom. The van der Waals surface area contributed by atoms with E-state index < -0.39 is 0 Å². The SMILES string of the molecule is CC(C)c1ccc[c-]c1N(C)[C-]=O.[Na+]. The van der Waals surface area contributed by atoms with Crippen molar-refractivity contribution in [2.45, 2.75) is 19.8 Å². The summed E-state index contributed by atoms with van der Waals surface area (Å²) in [5.41, 5.74) is 1.93. The van der Waals surface area contributed by atoms with Gasteiger partial charge in [0.05, 0.1) is 6.41 Å². The monoisotopic (exact) mass is 198 g/mol. The van der Waals surface area contributed by atoms with Crippen molar-refractivity contribution in [1.82, 2.24) is 0 Å². The summed E-state index contributed by atoms with van der Waals surface area (Å²) in [6.07, 6.45) is 1.83. The molecule has 0 saturated carbocycles. The van der Waals surface area contributed by atoms with Crippen LogP contribution in [0.4, 0.5) is 5.69 Å². The van der Waals surface area contributed by atoms with Gasteiger partial charge >= 0.3 is 29.6 Å². The van der Waals surface area contributed by atoms with E-state index >= 15 is 0 Å². The fraction of sp³-hybridized carbons (Fsp3) is 0.364. The maximum Gasteiger partial charge on any atom is 1.00 e. The minimum atomic E-state index is 0. The molecule has 0 heterocycles. The molecule has 0 fully saturated rings. The van der Waals surface area contributed by atoms with Gasteiger partial charge in [-0.3, -0.25) is 6.07 Å². The van der Waals surface area contributed by atoms with Crippen LogP contribution in [0.15, 0.2) is 18.2 Å². The van der Waals surface area contributed by atoms with Crippen LogP contribution in [0.1, 0.15) is 25.3 Å². The van der Waals surface area contributed by atoms with Crippen LogP contribution in [0.5, 0.6) is 0 Å². The fourth-order valence-corrected chi connectivity index (χ4v) is 1.24. The Kier molecular flexibility index (Phi) is 6.09. The summed E-state index contributed by atoms with van der Waals surface area (Å²) in [5.74, 6) is 0.392. The van der Waals surface area contributed by atoms with Gasteiger partial charge < -0.3 is 9.69 Å². The molecule has 0 aromatic heterocycles. The Morgan fingerprint density at radius 3 is 2.64 bits per heavy atom. The third-order valence-corrected chi connectivity index (χ3v) is 1.96. The first-order chi connectivity index (χ1) is 6.16. The quantitative estimate of drug-likeness (QED) is 0.351. The molecule has 0 N–H and O–H groups in total. The second kappa shape index (κ2) is 6.23. The molecule has 0 radical (unpaired) electrons. The first-order valence-electron chi connectivity index (χ1n) is 4.29. The van der Waals surface area contributed by atoms with Crippen LogP contribution >= 0.6 is 0 Å². The Balaban J connectivity index is 0.00000169. The molecule has 3 heteroatoms. The number of hydrogen-bond donors (Lipinski definition) is 0. The normalized spacial score (nSPS) is 9.43. The van der Waals surface area contributed by atoms with Gasteiger partial charge in [0.15, 0.2) is 0 Å². The van der Waals surface area contributed by atoms with Crippen LogP contribution in [0.25, 0.3) is 0 Å². The molecule has 14 heavy (non-hydrogen) atoms. The van der Waals surface area contributed by atoms with Gasteiger partial charge in [-0.1, -0.05) is 19.8 Å². The molecule has 0 saturated heterocycles. The average molecular weight is 198 g/mol. The van der Waals surface area contributed by atoms with Gasteiger partial charge in [-0.15, -0.1) is 0 Å². The van der Waals surface area contributed by atoms with E-state index in [-0.39, 0.29) is 29.6 Å². The molecule has 2 nitrogen and oxygen atoms in total. The zero-order valence-corrected chi connectivity index (χ0v) is 11.2. The van der Waals surface area contributed by atoms with Gasteiger partial charge in [0.25, 0.3) is 0 Å². The zero-order chi connectivity index (χ0) is 9.84. The van der Waals surface area contributed by atoms with Gasteiger partial charge in [-0.05, 0) is 7.05 Å². The van der Waals surface area contributed by atoms with E-state index in [2.05, 4.69) is 19.9 Å². The summed E-state index contributed by atoms with van der Waals surface area (Å²) in [4.78, 5) is 11.9. The molecule has 70 valence electrons. The first-order valence-corrected chi connectivity index (χ1v) is 4.29. The van der Waals surface area contributed by atoms with Gasteiger partial charge in [-0.2, -0.15) is 18.2 Å². The van der Waals surface area contributed by atoms with E-state index in [1.54, 1.807) is 13.1 Å². The average Bonchev–Trinajstić information content (AvgIpc) is 2.16. The van der Waals surface area contributed by atoms with Crippen molar-refractivity contribution in [1.29, 1.82) is 0 Å². The van der Waals surface area contributed by atoms with Crippen LogP contribution in [-0.4, -0.2) is 13.5 Å². The van der Waals surface area contributed by atoms with E-state index in [1.807, 2.05) is 18.5 Å². The molecule has 0 aliphatic heterocycles. The summed E-state index contributed by atoms with van der Waals surface area (Å²) in [5, 5.41) is 0. The van der Waals surface area contributed by atoms with E-state index in [1.165, 1.54) is 4.90 Å². The number of carbonyl (C=O) groups excluding carboxylic acids is 1. The molecule has 1 amide bonds. The number of anilines is 1. The number of rotatable bonds is 3. The molecule has 0 atom stereocenters. The van der Waals surface area contributed by atoms with Crippen LogP contribution in [0, 0.1) is 6.07 Å². The number of benzene rings is 1. The molecular weight excluding hydrogens is 185 g/mol. The number of hydrogen-bond acceptors (Lipinski definition) is 1. The van der Waals surface area contributed by atoms with Crippen molar-refractivity contribution in [3.63, 3.8) is 0 Å². The fourth-order valence-electron chi connectivity index (χ4n) is 1.24. The molecule has 1 aromatic rings. The molecular formula is C11H13NNaO-. The maximum absolute atomic E-state index is 10.5. The van der Waals surface area contributed by atoms with E-state index in [0.717, 1.165) is 11.3 Å². The van der Waals surface area contributed by atoms with Crippen LogP contribution in [0.2, 0.25) is 0 Å². The standard InChI is InChI=1S/C11H13NO.Na/c1-9(2)10-6-4-5-7-11(10)12(3)8-13;/h4-6,9H,1-3H3;/q-2;+1. The maximum atomic E-state index is 10.5. The van der Waals surface area contributed by atoms with Gasteiger partial charge in [0, 0.05) is 0 Å². The summed E-state index contributed by atoms with van der Waals surface area (Å²) in [6.45, 7) is 4.18. The van der Waals surface area contributed by atoms with Gasteiger partial charge in [0.1, 0.15) is 0 Å². The Morgan fingerprint density at radius 2 is 2.14 bits per heavy atom. The Hall–Kier alpha value is -0.310. The second-order valence-electron chi connectivity index (χ2n) is 3.28. The third kappa shape index (κ3) is 3.12. The second-order valence-corrected chi connectivity index (χ2v) is 3.28. The van der Waals surface area contributed by atoms with Crippen molar-refractivity contribution in [2.24, 2.45) is 0 Å². The predicted molar refractivity (Wildman–Crippen MR) is 53.5 cm³/mol. The van der Waals surface area contributed by atoms with Crippen LogP contribution in [-0.2, 0) is 4.79 Å². The van der Waals surface area contributed by atoms with Crippen molar-refractivity contribution >= 4 is 12.1 Å². The van der Waals surface area contributed by atoms with E-state index in [4.69, 9.17) is 0 Å². The Labute approximate surface area is 108 Å².